The second-order valence-electron chi connectivity index (χ2n) is 25.6. The number of hydrogen-bond donors (Lipinski definition) is 9. The van der Waals surface area contributed by atoms with Crippen molar-refractivity contribution < 1.29 is 149 Å². The van der Waals surface area contributed by atoms with Gasteiger partial charge in [-0.2, -0.15) is 8.42 Å². The standard InChI is InChI=1S/C55H86O25S.Na/c1-24(2)12-11-17-54(9)45-30(73-26(4)57)20-53(8)28-13-14-33-51(5,6)34(16-18-52(33,7)27(28)15-19-55(45,53)50(65)79-54)75-49-44(36(60)32(23-71-49)80-81(66,67)68)78-47-38(62)37(61)41(25(3)72-47)76-48-40(64)43(35(59)31(21-56)74-48)77-46-39(63)42(69-10)29(58)22-70-46;/h12-13,25,27,29-49,56,58-64H,11,14-23H2,1-10H3,(H,66,67,68);/q;+1. The number of allylic oxidation sites excluding steroid dienone is 4. The summed E-state index contributed by atoms with van der Waals surface area (Å²) in [6.07, 6.45) is -21.4. The van der Waals surface area contributed by atoms with Crippen molar-refractivity contribution in [3.63, 3.8) is 0 Å². The SMILES string of the molecule is COC1C(O)COC(OC2C(O)C(CO)OC(OC3C(C)OC(OC4C(OC5CCC6(C)C7CCC89C(=O)OC(C)(CCC=C(C)C)C8C(OC(C)=O)CC9(C)C7=CCC6C5(C)C)OCC(OS(=O)(=O)O)C4O)C(O)C3O)C2O)C1O.[Na+]. The fraction of sp³-hybridized carbons (Fsp3) is 0.891. The Morgan fingerprint density at radius 2 is 1.41 bits per heavy atom. The van der Waals surface area contributed by atoms with Gasteiger partial charge in [-0.1, -0.05) is 51.0 Å². The fourth-order valence-corrected chi connectivity index (χ4v) is 16.8. The molecule has 5 saturated heterocycles. The van der Waals surface area contributed by atoms with Crippen LogP contribution in [0.4, 0.5) is 0 Å². The second-order valence-corrected chi connectivity index (χ2v) is 26.6. The van der Waals surface area contributed by atoms with Crippen LogP contribution in [0.2, 0.25) is 0 Å². The molecule has 0 radical (unpaired) electrons. The summed E-state index contributed by atoms with van der Waals surface area (Å²) in [5.74, 6) is -0.977. The molecule has 8 fully saturated rings. The molecule has 462 valence electrons. The van der Waals surface area contributed by atoms with Crippen LogP contribution in [0.15, 0.2) is 23.3 Å². The third-order valence-electron chi connectivity index (χ3n) is 20.2. The Bertz CT molecular complexity index is 2460. The van der Waals surface area contributed by atoms with Gasteiger partial charge in [-0.05, 0) is 102 Å². The zero-order valence-electron chi connectivity index (χ0n) is 48.7. The van der Waals surface area contributed by atoms with Gasteiger partial charge in [-0.3, -0.25) is 14.1 Å². The number of hydrogen-bond acceptors (Lipinski definition) is 24. The summed E-state index contributed by atoms with van der Waals surface area (Å²) in [4.78, 5) is 27.4. The van der Waals surface area contributed by atoms with Crippen molar-refractivity contribution in [3.8, 4) is 0 Å². The number of carbonyl (C=O) groups is 2. The van der Waals surface area contributed by atoms with E-state index in [0.29, 0.717) is 51.4 Å². The van der Waals surface area contributed by atoms with Gasteiger partial charge in [0.1, 0.15) is 91.1 Å². The van der Waals surface area contributed by atoms with Crippen LogP contribution >= 0.6 is 0 Å². The molecule has 9 N–H and O–H groups in total. The smallest absolute Gasteiger partial charge is 0.462 e. The first kappa shape index (κ1) is 66.6. The van der Waals surface area contributed by atoms with Crippen molar-refractivity contribution in [2.75, 3.05) is 26.9 Å². The van der Waals surface area contributed by atoms with Crippen LogP contribution in [0.25, 0.3) is 0 Å². The molecule has 27 unspecified atom stereocenters. The van der Waals surface area contributed by atoms with E-state index in [2.05, 4.69) is 39.8 Å². The Morgan fingerprint density at radius 3 is 2.06 bits per heavy atom. The molecule has 0 bridgehead atoms. The van der Waals surface area contributed by atoms with Crippen molar-refractivity contribution >= 4 is 22.3 Å². The van der Waals surface area contributed by atoms with Crippen LogP contribution in [0.3, 0.4) is 0 Å². The first-order valence-corrected chi connectivity index (χ1v) is 29.7. The summed E-state index contributed by atoms with van der Waals surface area (Å²) in [6, 6.07) is 0. The topological polar surface area (TPSA) is 361 Å². The molecule has 27 heteroatoms. The van der Waals surface area contributed by atoms with Crippen molar-refractivity contribution in [2.24, 2.45) is 39.4 Å². The van der Waals surface area contributed by atoms with Crippen LogP contribution in [0.5, 0.6) is 0 Å². The van der Waals surface area contributed by atoms with E-state index in [0.717, 1.165) is 5.57 Å². The molecule has 82 heavy (non-hydrogen) atoms. The van der Waals surface area contributed by atoms with Gasteiger partial charge >= 0.3 is 51.9 Å². The maximum Gasteiger partial charge on any atom is 1.00 e. The normalized spacial score (nSPS) is 48.9. The van der Waals surface area contributed by atoms with E-state index in [-0.39, 0.29) is 65.3 Å². The molecule has 0 aromatic rings. The van der Waals surface area contributed by atoms with Crippen molar-refractivity contribution in [1.82, 2.24) is 0 Å². The monoisotopic (exact) mass is 1200 g/mol. The van der Waals surface area contributed by atoms with Gasteiger partial charge in [0.15, 0.2) is 25.2 Å². The minimum atomic E-state index is -5.17. The summed E-state index contributed by atoms with van der Waals surface area (Å²) in [5, 5.41) is 88.8. The molecule has 4 aliphatic carbocycles. The number of aliphatic hydroxyl groups is 8. The van der Waals surface area contributed by atoms with Gasteiger partial charge in [-0.15, -0.1) is 0 Å². The van der Waals surface area contributed by atoms with Gasteiger partial charge in [-0.25, -0.2) is 4.18 Å². The van der Waals surface area contributed by atoms with Gasteiger partial charge in [0.2, 0.25) is 0 Å². The Hall–Kier alpha value is -1.39. The van der Waals surface area contributed by atoms with E-state index in [4.69, 9.17) is 56.3 Å². The molecule has 1 spiro atoms. The predicted octanol–water partition coefficient (Wildman–Crippen LogP) is -2.38. The van der Waals surface area contributed by atoms with Gasteiger partial charge in [0.05, 0.1) is 43.4 Å². The van der Waals surface area contributed by atoms with E-state index >= 15 is 0 Å². The third-order valence-corrected chi connectivity index (χ3v) is 20.6. The number of esters is 2. The Labute approximate surface area is 500 Å². The number of fused-ring (bicyclic) bond motifs is 4. The van der Waals surface area contributed by atoms with Crippen LogP contribution < -0.4 is 29.6 Å². The number of methoxy groups -OCH3 is 1. The Kier molecular flexibility index (Phi) is 20.2. The summed E-state index contributed by atoms with van der Waals surface area (Å²) >= 11 is 0. The molecule has 3 saturated carbocycles. The second kappa shape index (κ2) is 24.9. The Balaban J connectivity index is 0.00000880. The summed E-state index contributed by atoms with van der Waals surface area (Å²) in [5.41, 5.74) is -1.05. The maximum atomic E-state index is 14.7. The van der Waals surface area contributed by atoms with Crippen LogP contribution in [0, 0.1) is 39.4 Å². The number of rotatable bonds is 16. The van der Waals surface area contributed by atoms with Gasteiger partial charge in [0, 0.05) is 19.4 Å². The van der Waals surface area contributed by atoms with E-state index in [9.17, 15) is 63.4 Å². The molecule has 27 atom stereocenters. The third kappa shape index (κ3) is 11.8. The average molecular weight is 1200 g/mol. The zero-order chi connectivity index (χ0) is 59.3. The molecule has 0 aromatic carbocycles. The molecule has 5 aliphatic heterocycles. The predicted molar refractivity (Wildman–Crippen MR) is 276 cm³/mol. The Morgan fingerprint density at radius 1 is 0.768 bits per heavy atom. The number of cyclic esters (lactones) is 1. The molecule has 9 aliphatic rings. The number of ether oxygens (including phenoxy) is 11. The summed E-state index contributed by atoms with van der Waals surface area (Å²) < 4.78 is 104. The van der Waals surface area contributed by atoms with Crippen LogP contribution in [-0.4, -0.2) is 221 Å². The molecule has 9 rings (SSSR count). The van der Waals surface area contributed by atoms with E-state index in [1.807, 2.05) is 20.8 Å². The summed E-state index contributed by atoms with van der Waals surface area (Å²) in [6.45, 7) is 15.7. The van der Waals surface area contributed by atoms with Crippen molar-refractivity contribution in [1.29, 1.82) is 0 Å². The van der Waals surface area contributed by atoms with Gasteiger partial charge in [0.25, 0.3) is 0 Å². The molecule has 5 heterocycles. The quantitative estimate of drug-likeness (QED) is 0.0337. The van der Waals surface area contributed by atoms with Crippen LogP contribution in [-0.2, 0) is 76.3 Å². The maximum absolute atomic E-state index is 14.7. The number of aliphatic hydroxyl groups excluding tert-OH is 8. The van der Waals surface area contributed by atoms with Crippen LogP contribution in [0.1, 0.15) is 114 Å². The molecule has 0 amide bonds. The molecular formula is C55H86NaO25S+. The molecule has 25 nitrogen and oxygen atoms in total. The van der Waals surface area contributed by atoms with Gasteiger partial charge < -0.3 is 93.0 Å². The van der Waals surface area contributed by atoms with Crippen molar-refractivity contribution in [3.05, 3.63) is 23.3 Å². The largest absolute Gasteiger partial charge is 1.00 e. The first-order chi connectivity index (χ1) is 37.9. The van der Waals surface area contributed by atoms with E-state index in [1.165, 1.54) is 26.5 Å². The fourth-order valence-electron chi connectivity index (χ4n) is 16.3. The molecule has 0 aromatic heterocycles. The zero-order valence-corrected chi connectivity index (χ0v) is 51.5. The first-order valence-electron chi connectivity index (χ1n) is 28.3. The number of carbonyl (C=O) groups excluding carboxylic acids is 2. The minimum absolute atomic E-state index is 0. The molecular weight excluding hydrogens is 1120 g/mol. The minimum Gasteiger partial charge on any atom is -0.462 e. The van der Waals surface area contributed by atoms with E-state index < -0.39 is 174 Å². The van der Waals surface area contributed by atoms with E-state index in [1.54, 1.807) is 0 Å². The summed E-state index contributed by atoms with van der Waals surface area (Å²) in [7, 11) is -3.92. The van der Waals surface area contributed by atoms with Crippen molar-refractivity contribution in [2.45, 2.75) is 242 Å². The average Bonchev–Trinajstić information content (AvgIpc) is 3.96.